The molecule has 0 bridgehead atoms. The molecule has 2 rings (SSSR count). The van der Waals surface area contributed by atoms with Crippen molar-refractivity contribution in [3.63, 3.8) is 0 Å². The average molecular weight is 361 g/mol. The largest absolute Gasteiger partial charge is 0.488 e. The summed E-state index contributed by atoms with van der Waals surface area (Å²) in [7, 11) is 0. The number of halogens is 3. The van der Waals surface area contributed by atoms with E-state index in [0.29, 0.717) is 17.6 Å². The summed E-state index contributed by atoms with van der Waals surface area (Å²) in [6.07, 6.45) is 1.78. The molecule has 0 atom stereocenters. The molecule has 0 unspecified atom stereocenters. The van der Waals surface area contributed by atoms with E-state index in [1.165, 1.54) is 6.07 Å². The molecule has 0 amide bonds. The van der Waals surface area contributed by atoms with E-state index in [-0.39, 0.29) is 12.4 Å². The van der Waals surface area contributed by atoms with Gasteiger partial charge in [-0.2, -0.15) is 4.39 Å². The SMILES string of the molecule is CCNCc1cn(CCOc2cc(Br)cc(F)c2F)nn1. The predicted molar refractivity (Wildman–Crippen MR) is 77.0 cm³/mol. The quantitative estimate of drug-likeness (QED) is 0.770. The van der Waals surface area contributed by atoms with E-state index in [1.807, 2.05) is 6.92 Å². The van der Waals surface area contributed by atoms with Gasteiger partial charge >= 0.3 is 0 Å². The molecule has 0 saturated heterocycles. The van der Waals surface area contributed by atoms with Gasteiger partial charge in [-0.1, -0.05) is 28.1 Å². The Bertz CT molecular complexity index is 606. The number of nitrogens with zero attached hydrogens (tertiary/aromatic N) is 3. The van der Waals surface area contributed by atoms with Gasteiger partial charge in [0.15, 0.2) is 11.6 Å². The topological polar surface area (TPSA) is 52.0 Å². The van der Waals surface area contributed by atoms with Crippen LogP contribution in [0.25, 0.3) is 0 Å². The first-order valence-corrected chi connectivity index (χ1v) is 7.26. The lowest BCUT2D eigenvalue weighted by molar-refractivity contribution is 0.272. The molecule has 114 valence electrons. The second kappa shape index (κ2) is 7.46. The van der Waals surface area contributed by atoms with Crippen LogP contribution in [0.15, 0.2) is 22.8 Å². The number of rotatable bonds is 7. The van der Waals surface area contributed by atoms with Crippen LogP contribution in [0.5, 0.6) is 5.75 Å². The van der Waals surface area contributed by atoms with Crippen LogP contribution in [0.4, 0.5) is 8.78 Å². The molecular formula is C13H15BrF2N4O. The molecule has 21 heavy (non-hydrogen) atoms. The second-order valence-electron chi connectivity index (χ2n) is 4.30. The minimum absolute atomic E-state index is 0.130. The molecule has 2 aromatic rings. The Hall–Kier alpha value is -1.54. The van der Waals surface area contributed by atoms with Crippen molar-refractivity contribution in [1.29, 1.82) is 0 Å². The summed E-state index contributed by atoms with van der Waals surface area (Å²) in [6, 6.07) is 2.43. The number of hydrogen-bond donors (Lipinski definition) is 1. The molecule has 1 aromatic carbocycles. The maximum atomic E-state index is 13.5. The molecule has 5 nitrogen and oxygen atoms in total. The fourth-order valence-corrected chi connectivity index (χ4v) is 2.08. The molecule has 1 heterocycles. The van der Waals surface area contributed by atoms with Crippen molar-refractivity contribution in [3.8, 4) is 5.75 Å². The molecule has 0 saturated carbocycles. The molecule has 0 fully saturated rings. The Labute approximate surface area is 129 Å². The molecule has 0 aliphatic rings. The molecule has 1 N–H and O–H groups in total. The lowest BCUT2D eigenvalue weighted by atomic mass is 10.3. The fraction of sp³-hybridized carbons (Fsp3) is 0.385. The van der Waals surface area contributed by atoms with Crippen molar-refractivity contribution in [1.82, 2.24) is 20.3 Å². The maximum absolute atomic E-state index is 13.5. The Morgan fingerprint density at radius 2 is 2.19 bits per heavy atom. The average Bonchev–Trinajstić information content (AvgIpc) is 2.89. The Balaban J connectivity index is 1.88. The number of benzene rings is 1. The molecule has 1 aromatic heterocycles. The van der Waals surface area contributed by atoms with Gasteiger partial charge < -0.3 is 10.1 Å². The Kier molecular flexibility index (Phi) is 5.63. The summed E-state index contributed by atoms with van der Waals surface area (Å²) in [6.45, 7) is 4.06. The Morgan fingerprint density at radius 3 is 2.95 bits per heavy atom. The zero-order chi connectivity index (χ0) is 15.2. The number of nitrogens with one attached hydrogen (secondary N) is 1. The van der Waals surface area contributed by atoms with Gasteiger partial charge in [-0.3, -0.25) is 0 Å². The Morgan fingerprint density at radius 1 is 1.38 bits per heavy atom. The van der Waals surface area contributed by atoms with Crippen LogP contribution in [-0.4, -0.2) is 28.1 Å². The van der Waals surface area contributed by atoms with Crippen molar-refractivity contribution in [2.24, 2.45) is 0 Å². The molecule has 0 spiro atoms. The van der Waals surface area contributed by atoms with Gasteiger partial charge in [0.05, 0.1) is 12.2 Å². The maximum Gasteiger partial charge on any atom is 0.200 e. The third kappa shape index (κ3) is 4.47. The van der Waals surface area contributed by atoms with E-state index in [0.717, 1.165) is 18.3 Å². The molecule has 0 aliphatic heterocycles. The van der Waals surface area contributed by atoms with Crippen LogP contribution in [-0.2, 0) is 13.1 Å². The molecular weight excluding hydrogens is 346 g/mol. The van der Waals surface area contributed by atoms with E-state index in [4.69, 9.17) is 4.74 Å². The van der Waals surface area contributed by atoms with Gasteiger partial charge in [0.1, 0.15) is 6.61 Å². The highest BCUT2D eigenvalue weighted by Gasteiger charge is 2.11. The highest BCUT2D eigenvalue weighted by molar-refractivity contribution is 9.10. The molecule has 0 radical (unpaired) electrons. The minimum atomic E-state index is -0.996. The van der Waals surface area contributed by atoms with Gasteiger partial charge in [0, 0.05) is 17.2 Å². The number of ether oxygens (including phenoxy) is 1. The van der Waals surface area contributed by atoms with Crippen LogP contribution in [0.1, 0.15) is 12.6 Å². The zero-order valence-corrected chi connectivity index (χ0v) is 13.0. The van der Waals surface area contributed by atoms with Crippen molar-refractivity contribution in [2.45, 2.75) is 20.0 Å². The van der Waals surface area contributed by atoms with Crippen LogP contribution in [0, 0.1) is 11.6 Å². The summed E-state index contributed by atoms with van der Waals surface area (Å²) >= 11 is 3.09. The van der Waals surface area contributed by atoms with Crippen molar-refractivity contribution in [3.05, 3.63) is 40.1 Å². The first-order chi connectivity index (χ1) is 10.1. The number of hydrogen-bond acceptors (Lipinski definition) is 4. The van der Waals surface area contributed by atoms with Crippen LogP contribution < -0.4 is 10.1 Å². The summed E-state index contributed by atoms with van der Waals surface area (Å²) in [5, 5.41) is 11.0. The first kappa shape index (κ1) is 15.8. The van der Waals surface area contributed by atoms with Gasteiger partial charge in [-0.15, -0.1) is 5.10 Å². The summed E-state index contributed by atoms with van der Waals surface area (Å²) in [4.78, 5) is 0. The third-order valence-corrected chi connectivity index (χ3v) is 3.14. The van der Waals surface area contributed by atoms with Crippen molar-refractivity contribution < 1.29 is 13.5 Å². The standard InChI is InChI=1S/C13H15BrF2N4O/c1-2-17-7-10-8-20(19-18-10)3-4-21-12-6-9(14)5-11(15)13(12)16/h5-6,8,17H,2-4,7H2,1H3. The van der Waals surface area contributed by atoms with Gasteiger partial charge in [0.25, 0.3) is 0 Å². The van der Waals surface area contributed by atoms with E-state index >= 15 is 0 Å². The van der Waals surface area contributed by atoms with E-state index in [1.54, 1.807) is 10.9 Å². The monoisotopic (exact) mass is 360 g/mol. The predicted octanol–water partition coefficient (Wildman–Crippen LogP) is 2.51. The lowest BCUT2D eigenvalue weighted by Crippen LogP contribution is -2.12. The van der Waals surface area contributed by atoms with E-state index < -0.39 is 11.6 Å². The van der Waals surface area contributed by atoms with Gasteiger partial charge in [0.2, 0.25) is 5.82 Å². The smallest absolute Gasteiger partial charge is 0.200 e. The summed E-state index contributed by atoms with van der Waals surface area (Å²) in [5.74, 6) is -2.08. The normalized spacial score (nSPS) is 10.9. The highest BCUT2D eigenvalue weighted by atomic mass is 79.9. The van der Waals surface area contributed by atoms with Crippen LogP contribution in [0.2, 0.25) is 0 Å². The van der Waals surface area contributed by atoms with Crippen molar-refractivity contribution in [2.75, 3.05) is 13.2 Å². The van der Waals surface area contributed by atoms with Gasteiger partial charge in [-0.25, -0.2) is 9.07 Å². The van der Waals surface area contributed by atoms with E-state index in [9.17, 15) is 8.78 Å². The highest BCUT2D eigenvalue weighted by Crippen LogP contribution is 2.25. The molecule has 0 aliphatic carbocycles. The van der Waals surface area contributed by atoms with Crippen molar-refractivity contribution >= 4 is 15.9 Å². The zero-order valence-electron chi connectivity index (χ0n) is 11.4. The fourth-order valence-electron chi connectivity index (χ4n) is 1.67. The minimum Gasteiger partial charge on any atom is -0.488 e. The number of aromatic nitrogens is 3. The third-order valence-electron chi connectivity index (χ3n) is 2.68. The van der Waals surface area contributed by atoms with Crippen LogP contribution >= 0.6 is 15.9 Å². The van der Waals surface area contributed by atoms with E-state index in [2.05, 4.69) is 31.6 Å². The summed E-state index contributed by atoms with van der Waals surface area (Å²) < 4.78 is 33.9. The van der Waals surface area contributed by atoms with Crippen LogP contribution in [0.3, 0.4) is 0 Å². The first-order valence-electron chi connectivity index (χ1n) is 6.47. The second-order valence-corrected chi connectivity index (χ2v) is 5.22. The molecule has 8 heteroatoms. The lowest BCUT2D eigenvalue weighted by Gasteiger charge is -2.08. The van der Waals surface area contributed by atoms with Gasteiger partial charge in [-0.05, 0) is 18.7 Å². The summed E-state index contributed by atoms with van der Waals surface area (Å²) in [5.41, 5.74) is 0.816.